The van der Waals surface area contributed by atoms with Gasteiger partial charge in [0.1, 0.15) is 0 Å². The molecule has 70 valence electrons. The number of hydrogen-bond acceptors (Lipinski definition) is 1. The number of aliphatic imine (C=N–C) groups is 1. The number of unbranched alkanes of at least 4 members (excludes halogenated alkanes) is 1. The van der Waals surface area contributed by atoms with E-state index in [-0.39, 0.29) is 5.96 Å². The van der Waals surface area contributed by atoms with Gasteiger partial charge in [-0.05, 0) is 6.42 Å². The summed E-state index contributed by atoms with van der Waals surface area (Å²) in [5, 5.41) is 0. The van der Waals surface area contributed by atoms with E-state index < -0.39 is 6.03 Å². The summed E-state index contributed by atoms with van der Waals surface area (Å²) in [7, 11) is 1.78. The second-order valence-corrected chi connectivity index (χ2v) is 2.58. The lowest BCUT2D eigenvalue weighted by Crippen LogP contribution is -2.36. The van der Waals surface area contributed by atoms with Gasteiger partial charge in [-0.25, -0.2) is 4.79 Å². The summed E-state index contributed by atoms with van der Waals surface area (Å²) in [5.41, 5.74) is 10.3. The fourth-order valence-electron chi connectivity index (χ4n) is 0.708. The average molecular weight is 172 g/mol. The maximum Gasteiger partial charge on any atom is 0.341 e. The van der Waals surface area contributed by atoms with Gasteiger partial charge in [0.15, 0.2) is 0 Å². The van der Waals surface area contributed by atoms with E-state index in [2.05, 4.69) is 11.9 Å². The molecule has 0 bridgehead atoms. The summed E-state index contributed by atoms with van der Waals surface area (Å²) in [6.07, 6.45) is 2.10. The van der Waals surface area contributed by atoms with E-state index in [9.17, 15) is 4.79 Å². The summed E-state index contributed by atoms with van der Waals surface area (Å²) in [5.74, 6) is 0.177. The predicted molar refractivity (Wildman–Crippen MR) is 48.7 cm³/mol. The summed E-state index contributed by atoms with van der Waals surface area (Å²) < 4.78 is 0. The van der Waals surface area contributed by atoms with Crippen LogP contribution in [0.3, 0.4) is 0 Å². The third-order valence-corrected chi connectivity index (χ3v) is 1.46. The number of carbonyl (C=O) groups excluding carboxylic acids is 1. The lowest BCUT2D eigenvalue weighted by Gasteiger charge is -2.16. The van der Waals surface area contributed by atoms with Crippen LogP contribution in [-0.2, 0) is 0 Å². The Labute approximate surface area is 72.4 Å². The Morgan fingerprint density at radius 1 is 1.50 bits per heavy atom. The first-order valence-electron chi connectivity index (χ1n) is 3.92. The molecule has 4 N–H and O–H groups in total. The van der Waals surface area contributed by atoms with Crippen molar-refractivity contribution in [2.24, 2.45) is 16.5 Å². The van der Waals surface area contributed by atoms with Crippen molar-refractivity contribution in [1.29, 1.82) is 0 Å². The van der Waals surface area contributed by atoms with Crippen molar-refractivity contribution in [3.8, 4) is 0 Å². The van der Waals surface area contributed by atoms with Crippen molar-refractivity contribution in [1.82, 2.24) is 4.90 Å². The highest BCUT2D eigenvalue weighted by Crippen LogP contribution is 1.90. The minimum atomic E-state index is -0.754. The lowest BCUT2D eigenvalue weighted by atomic mass is 10.3. The molecule has 0 heterocycles. The lowest BCUT2D eigenvalue weighted by molar-refractivity contribution is 0.256. The molecule has 0 aromatic carbocycles. The van der Waals surface area contributed by atoms with E-state index in [1.165, 1.54) is 0 Å². The largest absolute Gasteiger partial charge is 0.369 e. The zero-order chi connectivity index (χ0) is 9.56. The molecule has 0 saturated carbocycles. The monoisotopic (exact) mass is 172 g/mol. The Bertz CT molecular complexity index is 178. The van der Waals surface area contributed by atoms with Gasteiger partial charge < -0.3 is 16.4 Å². The molecule has 0 spiro atoms. The molecule has 0 radical (unpaired) electrons. The summed E-state index contributed by atoms with van der Waals surface area (Å²) >= 11 is 0. The first-order valence-corrected chi connectivity index (χ1v) is 3.92. The van der Waals surface area contributed by atoms with Gasteiger partial charge >= 0.3 is 6.03 Å². The van der Waals surface area contributed by atoms with E-state index in [4.69, 9.17) is 11.5 Å². The SMILES string of the molecule is CCCCN(C)C(N)=NC(N)=O. The number of guanidine groups is 1. The Hall–Kier alpha value is -1.26. The molecular weight excluding hydrogens is 156 g/mol. The van der Waals surface area contributed by atoms with Crippen LogP contribution in [0.2, 0.25) is 0 Å². The van der Waals surface area contributed by atoms with Crippen LogP contribution in [0.25, 0.3) is 0 Å². The van der Waals surface area contributed by atoms with Crippen LogP contribution in [0, 0.1) is 0 Å². The van der Waals surface area contributed by atoms with Crippen molar-refractivity contribution >= 4 is 12.0 Å². The molecule has 0 aliphatic heterocycles. The minimum absolute atomic E-state index is 0.177. The van der Waals surface area contributed by atoms with Gasteiger partial charge in [0, 0.05) is 13.6 Å². The Kier molecular flexibility index (Phi) is 4.83. The second-order valence-electron chi connectivity index (χ2n) is 2.58. The number of urea groups is 1. The van der Waals surface area contributed by atoms with Crippen LogP contribution in [0.15, 0.2) is 4.99 Å². The van der Waals surface area contributed by atoms with Crippen molar-refractivity contribution < 1.29 is 4.79 Å². The molecule has 5 nitrogen and oxygen atoms in total. The molecule has 0 aromatic heterocycles. The normalized spacial score (nSPS) is 11.3. The number of hydrogen-bond donors (Lipinski definition) is 2. The van der Waals surface area contributed by atoms with Crippen LogP contribution in [0.5, 0.6) is 0 Å². The van der Waals surface area contributed by atoms with Crippen LogP contribution in [0.1, 0.15) is 19.8 Å². The van der Waals surface area contributed by atoms with Crippen molar-refractivity contribution in [3.05, 3.63) is 0 Å². The number of carbonyl (C=O) groups is 1. The predicted octanol–water partition coefficient (Wildman–Crippen LogP) is 0.112. The Balaban J connectivity index is 3.91. The first kappa shape index (κ1) is 10.7. The molecule has 0 aromatic rings. The van der Waals surface area contributed by atoms with E-state index in [0.717, 1.165) is 19.4 Å². The standard InChI is InChI=1S/C7H16N4O/c1-3-4-5-11(2)6(8)10-7(9)12/h3-5H2,1-2H3,(H4,8,9,10,12). The molecule has 5 heteroatoms. The van der Waals surface area contributed by atoms with Crippen LogP contribution >= 0.6 is 0 Å². The molecule has 0 rings (SSSR count). The highest BCUT2D eigenvalue weighted by atomic mass is 16.2. The van der Waals surface area contributed by atoms with Gasteiger partial charge in [-0.1, -0.05) is 13.3 Å². The molecule has 0 atom stereocenters. The number of nitrogens with zero attached hydrogens (tertiary/aromatic N) is 2. The van der Waals surface area contributed by atoms with E-state index in [1.807, 2.05) is 0 Å². The summed E-state index contributed by atoms with van der Waals surface area (Å²) in [6, 6.07) is -0.754. The van der Waals surface area contributed by atoms with Gasteiger partial charge in [0.25, 0.3) is 0 Å². The number of rotatable bonds is 3. The quantitative estimate of drug-likeness (QED) is 0.468. The minimum Gasteiger partial charge on any atom is -0.369 e. The Morgan fingerprint density at radius 2 is 2.08 bits per heavy atom. The van der Waals surface area contributed by atoms with Gasteiger partial charge in [-0.3, -0.25) is 0 Å². The molecule has 0 saturated heterocycles. The van der Waals surface area contributed by atoms with E-state index in [0.29, 0.717) is 0 Å². The van der Waals surface area contributed by atoms with Gasteiger partial charge in [0.05, 0.1) is 0 Å². The number of nitrogens with two attached hydrogens (primary N) is 2. The zero-order valence-electron chi connectivity index (χ0n) is 7.58. The van der Waals surface area contributed by atoms with Crippen molar-refractivity contribution in [3.63, 3.8) is 0 Å². The third kappa shape index (κ3) is 4.54. The molecule has 0 unspecified atom stereocenters. The van der Waals surface area contributed by atoms with Crippen LogP contribution < -0.4 is 11.5 Å². The Morgan fingerprint density at radius 3 is 2.50 bits per heavy atom. The number of amides is 2. The highest BCUT2D eigenvalue weighted by Gasteiger charge is 2.01. The highest BCUT2D eigenvalue weighted by molar-refractivity contribution is 5.90. The van der Waals surface area contributed by atoms with Gasteiger partial charge in [0.2, 0.25) is 5.96 Å². The molecule has 0 fully saturated rings. The first-order chi connectivity index (χ1) is 5.57. The van der Waals surface area contributed by atoms with Crippen LogP contribution in [-0.4, -0.2) is 30.5 Å². The van der Waals surface area contributed by atoms with Gasteiger partial charge in [-0.15, -0.1) is 0 Å². The van der Waals surface area contributed by atoms with E-state index >= 15 is 0 Å². The molecule has 2 amide bonds. The maximum atomic E-state index is 10.3. The fourth-order valence-corrected chi connectivity index (χ4v) is 0.708. The molecular formula is C7H16N4O. The molecule has 0 aliphatic carbocycles. The second kappa shape index (κ2) is 5.40. The van der Waals surface area contributed by atoms with Crippen molar-refractivity contribution in [2.75, 3.05) is 13.6 Å². The fraction of sp³-hybridized carbons (Fsp3) is 0.714. The topological polar surface area (TPSA) is 84.7 Å². The molecule has 0 aliphatic rings. The number of primary amides is 1. The molecule has 12 heavy (non-hydrogen) atoms. The van der Waals surface area contributed by atoms with Gasteiger partial charge in [-0.2, -0.15) is 4.99 Å². The zero-order valence-corrected chi connectivity index (χ0v) is 7.58. The average Bonchev–Trinajstić information content (AvgIpc) is 1.98. The maximum absolute atomic E-state index is 10.3. The van der Waals surface area contributed by atoms with Crippen molar-refractivity contribution in [2.45, 2.75) is 19.8 Å². The summed E-state index contributed by atoms with van der Waals surface area (Å²) in [4.78, 5) is 15.4. The van der Waals surface area contributed by atoms with Crippen LogP contribution in [0.4, 0.5) is 4.79 Å². The smallest absolute Gasteiger partial charge is 0.341 e. The summed E-state index contributed by atoms with van der Waals surface area (Å²) in [6.45, 7) is 2.87. The third-order valence-electron chi connectivity index (χ3n) is 1.46. The van der Waals surface area contributed by atoms with E-state index in [1.54, 1.807) is 11.9 Å².